The molecule has 168 valence electrons. The average Bonchev–Trinajstić information content (AvgIpc) is 2.70. The van der Waals surface area contributed by atoms with Gasteiger partial charge in [-0.25, -0.2) is 0 Å². The van der Waals surface area contributed by atoms with Crippen LogP contribution in [-0.4, -0.2) is 35.4 Å². The van der Waals surface area contributed by atoms with Crippen LogP contribution in [-0.2, 0) is 16.1 Å². The quantitative estimate of drug-likeness (QED) is 0.593. The van der Waals surface area contributed by atoms with Gasteiger partial charge in [0.1, 0.15) is 11.8 Å². The van der Waals surface area contributed by atoms with Gasteiger partial charge in [0.2, 0.25) is 5.91 Å². The van der Waals surface area contributed by atoms with Gasteiger partial charge in [0, 0.05) is 17.6 Å². The third kappa shape index (κ3) is 7.00. The van der Waals surface area contributed by atoms with E-state index in [-0.39, 0.29) is 24.5 Å². The zero-order valence-corrected chi connectivity index (χ0v) is 20.0. The molecule has 0 aliphatic carbocycles. The highest BCUT2D eigenvalue weighted by Gasteiger charge is 2.29. The Labute approximate surface area is 190 Å². The van der Waals surface area contributed by atoms with Gasteiger partial charge in [-0.15, -0.1) is 0 Å². The second-order valence-corrected chi connectivity index (χ2v) is 8.67. The van der Waals surface area contributed by atoms with E-state index in [0.29, 0.717) is 23.7 Å². The Hall–Kier alpha value is -2.53. The summed E-state index contributed by atoms with van der Waals surface area (Å²) in [5, 5.41) is 3.55. The third-order valence-corrected chi connectivity index (χ3v) is 5.45. The van der Waals surface area contributed by atoms with Crippen molar-refractivity contribution in [1.29, 1.82) is 0 Å². The molecule has 31 heavy (non-hydrogen) atoms. The van der Waals surface area contributed by atoms with Gasteiger partial charge in [-0.1, -0.05) is 36.7 Å². The van der Waals surface area contributed by atoms with Gasteiger partial charge in [-0.05, 0) is 81.5 Å². The number of hydrogen-bond donors (Lipinski definition) is 1. The fourth-order valence-corrected chi connectivity index (χ4v) is 3.59. The molecular formula is C25H33ClN2O3. The number of carbonyl (C=O) groups excluding carboxylic acids is 2. The molecule has 0 aromatic heterocycles. The molecule has 1 atom stereocenters. The lowest BCUT2D eigenvalue weighted by Crippen LogP contribution is -2.51. The van der Waals surface area contributed by atoms with Gasteiger partial charge in [0.25, 0.3) is 5.91 Å². The minimum absolute atomic E-state index is 0.0109. The maximum absolute atomic E-state index is 13.3. The number of ether oxygens (including phenoxy) is 1. The summed E-state index contributed by atoms with van der Waals surface area (Å²) in [6.07, 6.45) is 0.500. The summed E-state index contributed by atoms with van der Waals surface area (Å²) in [4.78, 5) is 27.7. The van der Waals surface area contributed by atoms with Crippen LogP contribution in [0.2, 0.25) is 5.02 Å². The van der Waals surface area contributed by atoms with Crippen LogP contribution < -0.4 is 10.1 Å². The van der Waals surface area contributed by atoms with Crippen molar-refractivity contribution in [1.82, 2.24) is 10.2 Å². The van der Waals surface area contributed by atoms with Gasteiger partial charge in [-0.3, -0.25) is 9.59 Å². The molecule has 0 aliphatic heterocycles. The first-order valence-electron chi connectivity index (χ1n) is 10.7. The SMILES string of the molecule is CCC(C(=O)NC(C)C)N(Cc1ccc(Cl)cc1)C(=O)COc1cc(C)cc(C)c1C. The van der Waals surface area contributed by atoms with Crippen molar-refractivity contribution in [3.63, 3.8) is 0 Å². The topological polar surface area (TPSA) is 58.6 Å². The van der Waals surface area contributed by atoms with Crippen LogP contribution >= 0.6 is 11.6 Å². The Morgan fingerprint density at radius 2 is 1.74 bits per heavy atom. The van der Waals surface area contributed by atoms with Gasteiger partial charge in [0.05, 0.1) is 0 Å². The summed E-state index contributed by atoms with van der Waals surface area (Å²) in [7, 11) is 0. The number of benzene rings is 2. The van der Waals surface area contributed by atoms with Gasteiger partial charge in [0.15, 0.2) is 6.61 Å². The molecule has 5 nitrogen and oxygen atoms in total. The molecule has 0 saturated heterocycles. The highest BCUT2D eigenvalue weighted by atomic mass is 35.5. The molecule has 2 aromatic rings. The lowest BCUT2D eigenvalue weighted by atomic mass is 10.1. The Morgan fingerprint density at radius 3 is 2.32 bits per heavy atom. The van der Waals surface area contributed by atoms with Crippen molar-refractivity contribution in [2.24, 2.45) is 0 Å². The zero-order valence-electron chi connectivity index (χ0n) is 19.3. The number of hydrogen-bond acceptors (Lipinski definition) is 3. The van der Waals surface area contributed by atoms with Crippen molar-refractivity contribution < 1.29 is 14.3 Å². The fraction of sp³-hybridized carbons (Fsp3) is 0.440. The molecule has 6 heteroatoms. The molecule has 2 aromatic carbocycles. The van der Waals surface area contributed by atoms with Crippen LogP contribution in [0.1, 0.15) is 49.4 Å². The number of carbonyl (C=O) groups is 2. The van der Waals surface area contributed by atoms with E-state index in [0.717, 1.165) is 22.3 Å². The standard InChI is InChI=1S/C25H33ClN2O3/c1-7-22(25(30)27-16(2)3)28(14-20-8-10-21(26)11-9-20)24(29)15-31-23-13-17(4)12-18(5)19(23)6/h8-13,16,22H,7,14-15H2,1-6H3,(H,27,30). The first-order chi connectivity index (χ1) is 14.6. The molecule has 0 aliphatic rings. The fourth-order valence-electron chi connectivity index (χ4n) is 3.46. The van der Waals surface area contributed by atoms with E-state index in [1.807, 2.05) is 59.7 Å². The highest BCUT2D eigenvalue weighted by Crippen LogP contribution is 2.24. The summed E-state index contributed by atoms with van der Waals surface area (Å²) in [5.41, 5.74) is 4.10. The predicted octanol–water partition coefficient (Wildman–Crippen LogP) is 4.98. The van der Waals surface area contributed by atoms with Crippen molar-refractivity contribution in [2.75, 3.05) is 6.61 Å². The number of nitrogens with one attached hydrogen (secondary N) is 1. The number of amides is 2. The smallest absolute Gasteiger partial charge is 0.261 e. The Kier molecular flexibility index (Phi) is 8.93. The first-order valence-corrected chi connectivity index (χ1v) is 11.0. The van der Waals surface area contributed by atoms with Crippen LogP contribution in [0.4, 0.5) is 0 Å². The average molecular weight is 445 g/mol. The molecule has 0 fully saturated rings. The van der Waals surface area contributed by atoms with Crippen LogP contribution in [0.3, 0.4) is 0 Å². The maximum Gasteiger partial charge on any atom is 0.261 e. The van der Waals surface area contributed by atoms with Crippen LogP contribution in [0.5, 0.6) is 5.75 Å². The molecule has 0 heterocycles. The zero-order chi connectivity index (χ0) is 23.1. The molecule has 0 spiro atoms. The van der Waals surface area contributed by atoms with E-state index < -0.39 is 6.04 Å². The normalized spacial score (nSPS) is 11.9. The summed E-state index contributed by atoms with van der Waals surface area (Å²) >= 11 is 6.00. The van der Waals surface area contributed by atoms with Crippen LogP contribution in [0.25, 0.3) is 0 Å². The molecule has 0 bridgehead atoms. The highest BCUT2D eigenvalue weighted by molar-refractivity contribution is 6.30. The molecular weight excluding hydrogens is 412 g/mol. The van der Waals surface area contributed by atoms with E-state index in [2.05, 4.69) is 11.4 Å². The lowest BCUT2D eigenvalue weighted by Gasteiger charge is -2.31. The van der Waals surface area contributed by atoms with Gasteiger partial charge >= 0.3 is 0 Å². The van der Waals surface area contributed by atoms with Gasteiger partial charge in [-0.2, -0.15) is 0 Å². The Balaban J connectivity index is 2.26. The largest absolute Gasteiger partial charge is 0.483 e. The first kappa shape index (κ1) is 24.7. The minimum atomic E-state index is -0.588. The number of halogens is 1. The number of rotatable bonds is 9. The van der Waals surface area contributed by atoms with E-state index in [9.17, 15) is 9.59 Å². The minimum Gasteiger partial charge on any atom is -0.483 e. The molecule has 1 unspecified atom stereocenters. The van der Waals surface area contributed by atoms with Crippen molar-refractivity contribution in [3.05, 3.63) is 63.7 Å². The summed E-state index contributed by atoms with van der Waals surface area (Å²) < 4.78 is 5.91. The summed E-state index contributed by atoms with van der Waals surface area (Å²) in [5.74, 6) is 0.290. The van der Waals surface area contributed by atoms with Crippen molar-refractivity contribution >= 4 is 23.4 Å². The maximum atomic E-state index is 13.3. The summed E-state index contributed by atoms with van der Waals surface area (Å²) in [6, 6.07) is 10.7. The molecule has 2 amide bonds. The molecule has 2 rings (SSSR count). The summed E-state index contributed by atoms with van der Waals surface area (Å²) in [6.45, 7) is 11.9. The van der Waals surface area contributed by atoms with Crippen LogP contribution in [0, 0.1) is 20.8 Å². The van der Waals surface area contributed by atoms with Crippen molar-refractivity contribution in [3.8, 4) is 5.75 Å². The lowest BCUT2D eigenvalue weighted by molar-refractivity contribution is -0.143. The molecule has 0 saturated carbocycles. The number of nitrogens with zero attached hydrogens (tertiary/aromatic N) is 1. The van der Waals surface area contributed by atoms with E-state index in [1.54, 1.807) is 17.0 Å². The molecule has 0 radical (unpaired) electrons. The Bertz CT molecular complexity index is 910. The second kappa shape index (κ2) is 11.2. The van der Waals surface area contributed by atoms with E-state index in [4.69, 9.17) is 16.3 Å². The van der Waals surface area contributed by atoms with E-state index in [1.165, 1.54) is 0 Å². The Morgan fingerprint density at radius 1 is 1.10 bits per heavy atom. The van der Waals surface area contributed by atoms with Gasteiger partial charge < -0.3 is 15.0 Å². The van der Waals surface area contributed by atoms with E-state index >= 15 is 0 Å². The second-order valence-electron chi connectivity index (χ2n) is 8.23. The van der Waals surface area contributed by atoms with Crippen molar-refractivity contribution in [2.45, 2.75) is 66.6 Å². The molecule has 1 N–H and O–H groups in total. The third-order valence-electron chi connectivity index (χ3n) is 5.20. The predicted molar refractivity (Wildman–Crippen MR) is 126 cm³/mol. The number of aryl methyl sites for hydroxylation is 2. The monoisotopic (exact) mass is 444 g/mol. The van der Waals surface area contributed by atoms with Crippen LogP contribution in [0.15, 0.2) is 36.4 Å².